The number of carbonyl (C=O) groups excluding carboxylic acids is 1. The quantitative estimate of drug-likeness (QED) is 0.586. The van der Waals surface area contributed by atoms with Crippen molar-refractivity contribution in [2.75, 3.05) is 36.5 Å². The van der Waals surface area contributed by atoms with E-state index < -0.39 is 4.92 Å². The van der Waals surface area contributed by atoms with Crippen LogP contribution >= 0.6 is 0 Å². The minimum Gasteiger partial charge on any atom is -0.371 e. The monoisotopic (exact) mass is 382 g/mol. The highest BCUT2D eigenvalue weighted by Gasteiger charge is 2.23. The SMILES string of the molecule is CC(CNC(=O)c1cc([N+](=O)[O-])ccc1N1CCCC1)N(C)c1ccccc1. The van der Waals surface area contributed by atoms with Gasteiger partial charge in [0.05, 0.1) is 16.2 Å². The summed E-state index contributed by atoms with van der Waals surface area (Å²) in [7, 11) is 1.98. The highest BCUT2D eigenvalue weighted by atomic mass is 16.6. The summed E-state index contributed by atoms with van der Waals surface area (Å²) in [6, 6.07) is 14.6. The molecule has 0 bridgehead atoms. The Hall–Kier alpha value is -3.09. The second kappa shape index (κ2) is 8.73. The molecule has 1 aliphatic rings. The van der Waals surface area contributed by atoms with Gasteiger partial charge in [0.2, 0.25) is 0 Å². The van der Waals surface area contributed by atoms with Gasteiger partial charge in [0.1, 0.15) is 0 Å². The average Bonchev–Trinajstić information content (AvgIpc) is 3.26. The Balaban J connectivity index is 1.73. The summed E-state index contributed by atoms with van der Waals surface area (Å²) in [5.74, 6) is -0.279. The lowest BCUT2D eigenvalue weighted by molar-refractivity contribution is -0.384. The van der Waals surface area contributed by atoms with Gasteiger partial charge in [-0.15, -0.1) is 0 Å². The Morgan fingerprint density at radius 3 is 2.54 bits per heavy atom. The largest absolute Gasteiger partial charge is 0.371 e. The van der Waals surface area contributed by atoms with Crippen LogP contribution in [-0.4, -0.2) is 43.6 Å². The molecule has 7 nitrogen and oxygen atoms in total. The number of rotatable bonds is 7. The Kier molecular flexibility index (Phi) is 6.13. The predicted octanol–water partition coefficient (Wildman–Crippen LogP) is 3.45. The fourth-order valence-electron chi connectivity index (χ4n) is 3.44. The summed E-state index contributed by atoms with van der Waals surface area (Å²) in [6.07, 6.45) is 2.13. The van der Waals surface area contributed by atoms with E-state index in [0.717, 1.165) is 37.3 Å². The fraction of sp³-hybridized carbons (Fsp3) is 0.381. The number of amides is 1. The summed E-state index contributed by atoms with van der Waals surface area (Å²) in [5.41, 5.74) is 2.13. The van der Waals surface area contributed by atoms with Crippen LogP contribution < -0.4 is 15.1 Å². The maximum Gasteiger partial charge on any atom is 0.270 e. The number of carbonyl (C=O) groups is 1. The zero-order valence-electron chi connectivity index (χ0n) is 16.3. The normalized spacial score (nSPS) is 14.6. The molecule has 1 saturated heterocycles. The number of nitro groups is 1. The molecule has 0 radical (unpaired) electrons. The number of nitrogens with one attached hydrogen (secondary N) is 1. The number of nitrogens with zero attached hydrogens (tertiary/aromatic N) is 3. The molecule has 0 saturated carbocycles. The van der Waals surface area contributed by atoms with E-state index in [4.69, 9.17) is 0 Å². The molecule has 148 valence electrons. The van der Waals surface area contributed by atoms with Crippen molar-refractivity contribution in [1.29, 1.82) is 0 Å². The highest BCUT2D eigenvalue weighted by Crippen LogP contribution is 2.28. The van der Waals surface area contributed by atoms with Crippen molar-refractivity contribution in [3.05, 3.63) is 64.2 Å². The number of likely N-dealkylation sites (N-methyl/N-ethyl adjacent to an activating group) is 1. The lowest BCUT2D eigenvalue weighted by Crippen LogP contribution is -2.40. The summed E-state index contributed by atoms with van der Waals surface area (Å²) in [5, 5.41) is 14.1. The van der Waals surface area contributed by atoms with Crippen molar-refractivity contribution in [2.24, 2.45) is 0 Å². The number of anilines is 2. The summed E-state index contributed by atoms with van der Waals surface area (Å²) in [6.45, 7) is 4.20. The van der Waals surface area contributed by atoms with E-state index in [2.05, 4.69) is 15.1 Å². The molecule has 2 aromatic rings. The highest BCUT2D eigenvalue weighted by molar-refractivity contribution is 6.00. The summed E-state index contributed by atoms with van der Waals surface area (Å²) < 4.78 is 0. The van der Waals surface area contributed by atoms with Crippen molar-refractivity contribution in [1.82, 2.24) is 5.32 Å². The summed E-state index contributed by atoms with van der Waals surface area (Å²) in [4.78, 5) is 27.8. The van der Waals surface area contributed by atoms with Crippen LogP contribution in [0.3, 0.4) is 0 Å². The van der Waals surface area contributed by atoms with Gasteiger partial charge in [-0.05, 0) is 38.0 Å². The van der Waals surface area contributed by atoms with Crippen molar-refractivity contribution in [3.63, 3.8) is 0 Å². The second-order valence-electron chi connectivity index (χ2n) is 7.16. The van der Waals surface area contributed by atoms with E-state index in [9.17, 15) is 14.9 Å². The van der Waals surface area contributed by atoms with Crippen LogP contribution in [0.5, 0.6) is 0 Å². The molecule has 1 aliphatic heterocycles. The molecule has 1 N–H and O–H groups in total. The van der Waals surface area contributed by atoms with Gasteiger partial charge in [0, 0.05) is 50.5 Å². The molecule has 1 heterocycles. The minimum absolute atomic E-state index is 0.0671. The van der Waals surface area contributed by atoms with E-state index in [1.54, 1.807) is 6.07 Å². The molecule has 1 amide bonds. The lowest BCUT2D eigenvalue weighted by atomic mass is 10.1. The first-order valence-electron chi connectivity index (χ1n) is 9.57. The fourth-order valence-corrected chi connectivity index (χ4v) is 3.44. The first kappa shape index (κ1) is 19.7. The Morgan fingerprint density at radius 1 is 1.21 bits per heavy atom. The molecule has 2 aromatic carbocycles. The number of para-hydroxylation sites is 1. The van der Waals surface area contributed by atoms with Crippen molar-refractivity contribution in [3.8, 4) is 0 Å². The van der Waals surface area contributed by atoms with Gasteiger partial charge in [-0.3, -0.25) is 14.9 Å². The van der Waals surface area contributed by atoms with E-state index in [1.165, 1.54) is 12.1 Å². The summed E-state index contributed by atoms with van der Waals surface area (Å²) >= 11 is 0. The zero-order chi connectivity index (χ0) is 20.1. The van der Waals surface area contributed by atoms with E-state index >= 15 is 0 Å². The van der Waals surface area contributed by atoms with Crippen molar-refractivity contribution < 1.29 is 9.72 Å². The minimum atomic E-state index is -0.462. The van der Waals surface area contributed by atoms with Crippen LogP contribution in [0, 0.1) is 10.1 Å². The maximum absolute atomic E-state index is 12.9. The van der Waals surface area contributed by atoms with Gasteiger partial charge in [0.15, 0.2) is 0 Å². The number of nitro benzene ring substituents is 1. The molecule has 0 aliphatic carbocycles. The third-order valence-electron chi connectivity index (χ3n) is 5.26. The molecule has 0 aromatic heterocycles. The smallest absolute Gasteiger partial charge is 0.270 e. The van der Waals surface area contributed by atoms with Crippen molar-refractivity contribution in [2.45, 2.75) is 25.8 Å². The zero-order valence-corrected chi connectivity index (χ0v) is 16.3. The molecule has 7 heteroatoms. The van der Waals surface area contributed by atoms with Gasteiger partial charge in [-0.25, -0.2) is 0 Å². The number of benzene rings is 2. The van der Waals surface area contributed by atoms with Crippen LogP contribution in [0.2, 0.25) is 0 Å². The van der Waals surface area contributed by atoms with Gasteiger partial charge in [0.25, 0.3) is 11.6 Å². The molecule has 0 spiro atoms. The maximum atomic E-state index is 12.9. The predicted molar refractivity (Wildman–Crippen MR) is 111 cm³/mol. The Bertz CT molecular complexity index is 835. The lowest BCUT2D eigenvalue weighted by Gasteiger charge is -2.27. The van der Waals surface area contributed by atoms with Crippen LogP contribution in [0.4, 0.5) is 17.1 Å². The molecule has 1 unspecified atom stereocenters. The van der Waals surface area contributed by atoms with Crippen LogP contribution in [0.1, 0.15) is 30.1 Å². The number of hydrogen-bond acceptors (Lipinski definition) is 5. The van der Waals surface area contributed by atoms with Crippen molar-refractivity contribution >= 4 is 23.0 Å². The molecular formula is C21H26N4O3. The van der Waals surface area contributed by atoms with Gasteiger partial charge in [-0.2, -0.15) is 0 Å². The first-order valence-corrected chi connectivity index (χ1v) is 9.57. The molecule has 3 rings (SSSR count). The van der Waals surface area contributed by atoms with Crippen LogP contribution in [-0.2, 0) is 0 Å². The Labute approximate surface area is 165 Å². The third kappa shape index (κ3) is 4.42. The standard InChI is InChI=1S/C21H26N4O3/c1-16(23(2)17-8-4-3-5-9-17)15-22-21(26)19-14-18(25(27)28)10-11-20(19)24-12-6-7-13-24/h3-5,8-11,14,16H,6-7,12-13,15H2,1-2H3,(H,22,26). The topological polar surface area (TPSA) is 78.7 Å². The second-order valence-corrected chi connectivity index (χ2v) is 7.16. The number of non-ortho nitro benzene ring substituents is 1. The molecule has 1 fully saturated rings. The van der Waals surface area contributed by atoms with E-state index in [0.29, 0.717) is 12.1 Å². The average molecular weight is 382 g/mol. The van der Waals surface area contributed by atoms with Gasteiger partial charge in [-0.1, -0.05) is 18.2 Å². The van der Waals surface area contributed by atoms with Gasteiger partial charge >= 0.3 is 0 Å². The molecular weight excluding hydrogens is 356 g/mol. The van der Waals surface area contributed by atoms with Gasteiger partial charge < -0.3 is 15.1 Å². The van der Waals surface area contributed by atoms with E-state index in [-0.39, 0.29) is 17.6 Å². The molecule has 1 atom stereocenters. The third-order valence-corrected chi connectivity index (χ3v) is 5.26. The molecule has 28 heavy (non-hydrogen) atoms. The van der Waals surface area contributed by atoms with E-state index in [1.807, 2.05) is 44.3 Å². The van der Waals surface area contributed by atoms with Crippen LogP contribution in [0.25, 0.3) is 0 Å². The first-order chi connectivity index (χ1) is 13.5. The van der Waals surface area contributed by atoms with Crippen LogP contribution in [0.15, 0.2) is 48.5 Å². The Morgan fingerprint density at radius 2 is 1.89 bits per heavy atom. The number of hydrogen-bond donors (Lipinski definition) is 1.